The van der Waals surface area contributed by atoms with Crippen LogP contribution in [0.4, 0.5) is 0 Å². The van der Waals surface area contributed by atoms with Crippen LogP contribution < -0.4 is 5.14 Å². The van der Waals surface area contributed by atoms with Crippen LogP contribution >= 0.6 is 0 Å². The number of hydrogen-bond donors (Lipinski definition) is 1. The van der Waals surface area contributed by atoms with Crippen LogP contribution in [0.5, 0.6) is 0 Å². The van der Waals surface area contributed by atoms with Crippen molar-refractivity contribution in [3.63, 3.8) is 0 Å². The minimum absolute atomic E-state index is 0.241. The van der Waals surface area contributed by atoms with Crippen molar-refractivity contribution < 1.29 is 13.2 Å². The molecule has 1 saturated heterocycles. The Labute approximate surface area is 97.5 Å². The summed E-state index contributed by atoms with van der Waals surface area (Å²) < 4.78 is 28.9. The monoisotopic (exact) mass is 251 g/mol. The molecule has 0 bridgehead atoms. The first-order valence-corrected chi connectivity index (χ1v) is 7.02. The van der Waals surface area contributed by atoms with E-state index in [0.717, 1.165) is 19.6 Å². The SMILES string of the molecule is CC(C)OCCN1CCN(S(N)(=O)=O)CC1. The normalized spacial score (nSPS) is 20.5. The molecule has 1 fully saturated rings. The third-order valence-electron chi connectivity index (χ3n) is 2.55. The average molecular weight is 251 g/mol. The lowest BCUT2D eigenvalue weighted by Crippen LogP contribution is -2.51. The van der Waals surface area contributed by atoms with Crippen LogP contribution in [-0.4, -0.2) is 63.1 Å². The van der Waals surface area contributed by atoms with Crippen LogP contribution in [0.2, 0.25) is 0 Å². The fourth-order valence-electron chi connectivity index (χ4n) is 1.63. The lowest BCUT2D eigenvalue weighted by Gasteiger charge is -2.32. The van der Waals surface area contributed by atoms with Gasteiger partial charge in [-0.3, -0.25) is 4.90 Å². The Morgan fingerprint density at radius 1 is 1.25 bits per heavy atom. The molecule has 0 amide bonds. The molecule has 0 atom stereocenters. The summed E-state index contributed by atoms with van der Waals surface area (Å²) >= 11 is 0. The van der Waals surface area contributed by atoms with E-state index in [9.17, 15) is 8.42 Å². The number of ether oxygens (including phenoxy) is 1. The quantitative estimate of drug-likeness (QED) is 0.696. The Kier molecular flexibility index (Phi) is 5.13. The molecule has 0 spiro atoms. The molecule has 96 valence electrons. The zero-order chi connectivity index (χ0) is 12.2. The van der Waals surface area contributed by atoms with E-state index in [1.807, 2.05) is 13.8 Å². The fraction of sp³-hybridized carbons (Fsp3) is 1.00. The van der Waals surface area contributed by atoms with Gasteiger partial charge in [-0.25, -0.2) is 5.14 Å². The number of piperazine rings is 1. The van der Waals surface area contributed by atoms with E-state index in [-0.39, 0.29) is 6.10 Å². The zero-order valence-corrected chi connectivity index (χ0v) is 10.7. The Bertz CT molecular complexity index is 297. The molecule has 0 aliphatic carbocycles. The predicted octanol–water partition coefficient (Wildman–Crippen LogP) is -0.767. The summed E-state index contributed by atoms with van der Waals surface area (Å²) in [5, 5.41) is 5.05. The van der Waals surface area contributed by atoms with E-state index in [1.165, 1.54) is 4.31 Å². The first-order chi connectivity index (χ1) is 7.39. The molecule has 0 aromatic carbocycles. The van der Waals surface area contributed by atoms with Crippen LogP contribution in [-0.2, 0) is 14.9 Å². The maximum absolute atomic E-state index is 11.1. The van der Waals surface area contributed by atoms with Gasteiger partial charge in [0.05, 0.1) is 12.7 Å². The summed E-state index contributed by atoms with van der Waals surface area (Å²) in [5.41, 5.74) is 0. The van der Waals surface area contributed by atoms with Crippen molar-refractivity contribution >= 4 is 10.2 Å². The molecule has 0 unspecified atom stereocenters. The molecule has 0 saturated carbocycles. The van der Waals surface area contributed by atoms with Gasteiger partial charge >= 0.3 is 0 Å². The molecule has 0 radical (unpaired) electrons. The van der Waals surface area contributed by atoms with Crippen LogP contribution in [0.25, 0.3) is 0 Å². The number of nitrogens with two attached hydrogens (primary N) is 1. The summed E-state index contributed by atoms with van der Waals surface area (Å²) in [6, 6.07) is 0. The molecule has 1 rings (SSSR count). The van der Waals surface area contributed by atoms with E-state index in [2.05, 4.69) is 4.90 Å². The van der Waals surface area contributed by atoms with Gasteiger partial charge in [-0.2, -0.15) is 12.7 Å². The molecular formula is C9H21N3O3S. The Hall–Kier alpha value is -0.210. The summed E-state index contributed by atoms with van der Waals surface area (Å²) in [5.74, 6) is 0. The van der Waals surface area contributed by atoms with Crippen molar-refractivity contribution in [1.29, 1.82) is 0 Å². The standard InChI is InChI=1S/C9H21N3O3S/c1-9(2)15-8-7-11-3-5-12(6-4-11)16(10,13)14/h9H,3-8H2,1-2H3,(H2,10,13,14). The van der Waals surface area contributed by atoms with E-state index in [1.54, 1.807) is 0 Å². The smallest absolute Gasteiger partial charge is 0.276 e. The minimum atomic E-state index is -3.51. The maximum Gasteiger partial charge on any atom is 0.276 e. The summed E-state index contributed by atoms with van der Waals surface area (Å²) in [4.78, 5) is 2.18. The van der Waals surface area contributed by atoms with Crippen molar-refractivity contribution in [3.05, 3.63) is 0 Å². The van der Waals surface area contributed by atoms with Gasteiger partial charge in [0.1, 0.15) is 0 Å². The van der Waals surface area contributed by atoms with Gasteiger partial charge in [0.15, 0.2) is 0 Å². The Morgan fingerprint density at radius 3 is 2.25 bits per heavy atom. The summed E-state index contributed by atoms with van der Waals surface area (Å²) in [7, 11) is -3.51. The molecule has 1 aliphatic heterocycles. The molecule has 6 nitrogen and oxygen atoms in total. The van der Waals surface area contributed by atoms with Crippen molar-refractivity contribution in [1.82, 2.24) is 9.21 Å². The van der Waals surface area contributed by atoms with Crippen molar-refractivity contribution in [3.8, 4) is 0 Å². The minimum Gasteiger partial charge on any atom is -0.377 e. The molecule has 7 heteroatoms. The van der Waals surface area contributed by atoms with E-state index in [0.29, 0.717) is 19.7 Å². The van der Waals surface area contributed by atoms with Gasteiger partial charge in [0, 0.05) is 32.7 Å². The van der Waals surface area contributed by atoms with Crippen LogP contribution in [0.3, 0.4) is 0 Å². The maximum atomic E-state index is 11.1. The highest BCUT2D eigenvalue weighted by atomic mass is 32.2. The summed E-state index contributed by atoms with van der Waals surface area (Å²) in [6.45, 7) is 7.92. The van der Waals surface area contributed by atoms with Crippen molar-refractivity contribution in [2.24, 2.45) is 5.14 Å². The summed E-state index contributed by atoms with van der Waals surface area (Å²) in [6.07, 6.45) is 0.241. The number of nitrogens with zero attached hydrogens (tertiary/aromatic N) is 2. The highest BCUT2D eigenvalue weighted by Gasteiger charge is 2.23. The van der Waals surface area contributed by atoms with Gasteiger partial charge in [0.25, 0.3) is 10.2 Å². The second-order valence-corrected chi connectivity index (χ2v) is 5.75. The van der Waals surface area contributed by atoms with Gasteiger partial charge < -0.3 is 4.74 Å². The Balaban J connectivity index is 2.22. The lowest BCUT2D eigenvalue weighted by atomic mass is 10.3. The van der Waals surface area contributed by atoms with Crippen molar-refractivity contribution in [2.45, 2.75) is 20.0 Å². The topological polar surface area (TPSA) is 75.9 Å². The van der Waals surface area contributed by atoms with Gasteiger partial charge in [-0.15, -0.1) is 0 Å². The van der Waals surface area contributed by atoms with E-state index < -0.39 is 10.2 Å². The lowest BCUT2D eigenvalue weighted by molar-refractivity contribution is 0.0521. The van der Waals surface area contributed by atoms with Crippen LogP contribution in [0.1, 0.15) is 13.8 Å². The van der Waals surface area contributed by atoms with E-state index in [4.69, 9.17) is 9.88 Å². The number of rotatable bonds is 5. The number of hydrogen-bond acceptors (Lipinski definition) is 4. The second kappa shape index (κ2) is 5.92. The Morgan fingerprint density at radius 2 is 1.81 bits per heavy atom. The van der Waals surface area contributed by atoms with Crippen molar-refractivity contribution in [2.75, 3.05) is 39.3 Å². The highest BCUT2D eigenvalue weighted by molar-refractivity contribution is 7.86. The van der Waals surface area contributed by atoms with E-state index >= 15 is 0 Å². The third kappa shape index (κ3) is 4.75. The molecule has 2 N–H and O–H groups in total. The third-order valence-corrected chi connectivity index (χ3v) is 3.63. The molecule has 0 aromatic rings. The first-order valence-electron chi connectivity index (χ1n) is 5.51. The predicted molar refractivity (Wildman–Crippen MR) is 62.2 cm³/mol. The zero-order valence-electron chi connectivity index (χ0n) is 9.92. The van der Waals surface area contributed by atoms with Crippen LogP contribution in [0.15, 0.2) is 0 Å². The first kappa shape index (κ1) is 13.9. The molecule has 0 aromatic heterocycles. The second-order valence-electron chi connectivity index (χ2n) is 4.21. The molecule has 1 aliphatic rings. The van der Waals surface area contributed by atoms with Gasteiger partial charge in [-0.05, 0) is 13.8 Å². The van der Waals surface area contributed by atoms with Gasteiger partial charge in [0.2, 0.25) is 0 Å². The van der Waals surface area contributed by atoms with Crippen LogP contribution in [0, 0.1) is 0 Å². The fourth-order valence-corrected chi connectivity index (χ4v) is 2.30. The highest BCUT2D eigenvalue weighted by Crippen LogP contribution is 2.04. The molecule has 16 heavy (non-hydrogen) atoms. The average Bonchev–Trinajstić information content (AvgIpc) is 2.16. The largest absolute Gasteiger partial charge is 0.377 e. The molecule has 1 heterocycles. The van der Waals surface area contributed by atoms with Gasteiger partial charge in [-0.1, -0.05) is 0 Å². The molecular weight excluding hydrogens is 230 g/mol.